The molecule has 20 heavy (non-hydrogen) atoms. The molecule has 0 amide bonds. The minimum atomic E-state index is 0.124. The summed E-state index contributed by atoms with van der Waals surface area (Å²) in [7, 11) is 0. The van der Waals surface area contributed by atoms with Crippen LogP contribution in [0.2, 0.25) is 5.28 Å². The zero-order valence-corrected chi connectivity index (χ0v) is 12.5. The molecule has 0 atom stereocenters. The van der Waals surface area contributed by atoms with Gasteiger partial charge in [0.05, 0.1) is 19.3 Å². The lowest BCUT2D eigenvalue weighted by Crippen LogP contribution is -2.21. The standard InChI is InChI=1S/C13H21ClN4O2/c1-2-19-13-17-11(14)16-12(18-13)15-8-9-20-10-6-4-3-5-7-10/h10H,2-9H2,1H3,(H,15,16,17,18). The smallest absolute Gasteiger partial charge is 0.322 e. The quantitative estimate of drug-likeness (QED) is 0.781. The molecule has 0 spiro atoms. The lowest BCUT2D eigenvalue weighted by atomic mass is 9.98. The molecule has 1 saturated carbocycles. The van der Waals surface area contributed by atoms with Crippen molar-refractivity contribution >= 4 is 17.5 Å². The molecule has 2 rings (SSSR count). The number of halogens is 1. The first-order valence-corrected chi connectivity index (χ1v) is 7.55. The van der Waals surface area contributed by atoms with Crippen molar-refractivity contribution in [3.05, 3.63) is 5.28 Å². The van der Waals surface area contributed by atoms with Crippen LogP contribution in [-0.2, 0) is 4.74 Å². The minimum absolute atomic E-state index is 0.124. The molecule has 1 aliphatic rings. The van der Waals surface area contributed by atoms with Gasteiger partial charge in [-0.05, 0) is 31.4 Å². The third kappa shape index (κ3) is 5.09. The average molecular weight is 301 g/mol. The van der Waals surface area contributed by atoms with E-state index in [1.54, 1.807) is 0 Å². The number of ether oxygens (including phenoxy) is 2. The van der Waals surface area contributed by atoms with Gasteiger partial charge in [-0.1, -0.05) is 19.3 Å². The highest BCUT2D eigenvalue weighted by atomic mass is 35.5. The number of hydrogen-bond donors (Lipinski definition) is 1. The lowest BCUT2D eigenvalue weighted by Gasteiger charge is -2.21. The van der Waals surface area contributed by atoms with E-state index < -0.39 is 0 Å². The predicted octanol–water partition coefficient (Wildman–Crippen LogP) is 2.68. The SMILES string of the molecule is CCOc1nc(Cl)nc(NCCOC2CCCCC2)n1. The number of rotatable bonds is 7. The van der Waals surface area contributed by atoms with Gasteiger partial charge in [-0.25, -0.2) is 0 Å². The molecule has 7 heteroatoms. The Hall–Kier alpha value is -1.14. The molecule has 112 valence electrons. The van der Waals surface area contributed by atoms with Crippen LogP contribution >= 0.6 is 11.6 Å². The van der Waals surface area contributed by atoms with Crippen molar-refractivity contribution in [2.45, 2.75) is 45.1 Å². The second-order valence-electron chi connectivity index (χ2n) is 4.70. The molecule has 0 aromatic carbocycles. The van der Waals surface area contributed by atoms with E-state index in [4.69, 9.17) is 21.1 Å². The van der Waals surface area contributed by atoms with E-state index in [1.165, 1.54) is 32.1 Å². The van der Waals surface area contributed by atoms with Crippen molar-refractivity contribution in [2.24, 2.45) is 0 Å². The van der Waals surface area contributed by atoms with Crippen LogP contribution in [0, 0.1) is 0 Å². The summed E-state index contributed by atoms with van der Waals surface area (Å²) in [5.41, 5.74) is 0. The molecular weight excluding hydrogens is 280 g/mol. The van der Waals surface area contributed by atoms with E-state index in [0.717, 1.165) is 0 Å². The number of anilines is 1. The van der Waals surface area contributed by atoms with Gasteiger partial charge in [0.2, 0.25) is 11.2 Å². The van der Waals surface area contributed by atoms with E-state index in [1.807, 2.05) is 6.92 Å². The van der Waals surface area contributed by atoms with Crippen molar-refractivity contribution in [2.75, 3.05) is 25.1 Å². The molecule has 1 aromatic rings. The van der Waals surface area contributed by atoms with E-state index in [-0.39, 0.29) is 11.3 Å². The van der Waals surface area contributed by atoms with Gasteiger partial charge in [-0.2, -0.15) is 15.0 Å². The molecule has 0 bridgehead atoms. The van der Waals surface area contributed by atoms with E-state index in [0.29, 0.717) is 31.8 Å². The molecule has 0 radical (unpaired) electrons. The summed E-state index contributed by atoms with van der Waals surface area (Å²) < 4.78 is 11.0. The largest absolute Gasteiger partial charge is 0.464 e. The van der Waals surface area contributed by atoms with Gasteiger partial charge in [-0.15, -0.1) is 0 Å². The first-order chi connectivity index (χ1) is 9.78. The molecule has 0 aliphatic heterocycles. The van der Waals surface area contributed by atoms with Crippen LogP contribution in [0.15, 0.2) is 0 Å². The van der Waals surface area contributed by atoms with Crippen LogP contribution in [0.25, 0.3) is 0 Å². The van der Waals surface area contributed by atoms with Gasteiger partial charge in [0.15, 0.2) is 0 Å². The van der Waals surface area contributed by atoms with Crippen LogP contribution in [0.4, 0.5) is 5.95 Å². The fourth-order valence-corrected chi connectivity index (χ4v) is 2.38. The number of hydrogen-bond acceptors (Lipinski definition) is 6. The van der Waals surface area contributed by atoms with Crippen LogP contribution in [0.1, 0.15) is 39.0 Å². The van der Waals surface area contributed by atoms with E-state index >= 15 is 0 Å². The summed E-state index contributed by atoms with van der Waals surface area (Å²) in [6.45, 7) is 3.63. The molecule has 1 aliphatic carbocycles. The van der Waals surface area contributed by atoms with Gasteiger partial charge in [-0.3, -0.25) is 0 Å². The third-order valence-electron chi connectivity index (χ3n) is 3.15. The Kier molecular flexibility index (Phi) is 6.26. The van der Waals surface area contributed by atoms with Crippen LogP contribution in [0.3, 0.4) is 0 Å². The minimum Gasteiger partial charge on any atom is -0.464 e. The number of nitrogens with zero attached hydrogens (tertiary/aromatic N) is 3. The number of nitrogens with one attached hydrogen (secondary N) is 1. The molecule has 6 nitrogen and oxygen atoms in total. The molecule has 1 aromatic heterocycles. The Labute approximate surface area is 124 Å². The van der Waals surface area contributed by atoms with Gasteiger partial charge in [0.25, 0.3) is 0 Å². The summed E-state index contributed by atoms with van der Waals surface area (Å²) in [5.74, 6) is 0.417. The Morgan fingerprint density at radius 1 is 1.20 bits per heavy atom. The molecule has 1 heterocycles. The van der Waals surface area contributed by atoms with E-state index in [2.05, 4.69) is 20.3 Å². The fourth-order valence-electron chi connectivity index (χ4n) is 2.22. The normalized spacial score (nSPS) is 16.1. The Bertz CT molecular complexity index is 413. The van der Waals surface area contributed by atoms with Crippen LogP contribution in [-0.4, -0.2) is 40.8 Å². The Balaban J connectivity index is 1.72. The van der Waals surface area contributed by atoms with Crippen molar-refractivity contribution < 1.29 is 9.47 Å². The van der Waals surface area contributed by atoms with Gasteiger partial charge >= 0.3 is 6.01 Å². The zero-order valence-electron chi connectivity index (χ0n) is 11.8. The van der Waals surface area contributed by atoms with Crippen molar-refractivity contribution in [1.29, 1.82) is 0 Å². The second-order valence-corrected chi connectivity index (χ2v) is 5.04. The van der Waals surface area contributed by atoms with Crippen molar-refractivity contribution in [3.63, 3.8) is 0 Å². The highest BCUT2D eigenvalue weighted by Gasteiger charge is 2.13. The first kappa shape index (κ1) is 15.3. The van der Waals surface area contributed by atoms with Gasteiger partial charge in [0.1, 0.15) is 0 Å². The summed E-state index contributed by atoms with van der Waals surface area (Å²) in [4.78, 5) is 12.0. The molecule has 0 saturated heterocycles. The highest BCUT2D eigenvalue weighted by Crippen LogP contribution is 2.20. The van der Waals surface area contributed by atoms with Gasteiger partial charge < -0.3 is 14.8 Å². The van der Waals surface area contributed by atoms with Crippen LogP contribution < -0.4 is 10.1 Å². The predicted molar refractivity (Wildman–Crippen MR) is 77.3 cm³/mol. The van der Waals surface area contributed by atoms with Gasteiger partial charge in [0, 0.05) is 6.54 Å². The van der Waals surface area contributed by atoms with E-state index in [9.17, 15) is 0 Å². The number of aromatic nitrogens is 3. The first-order valence-electron chi connectivity index (χ1n) is 7.17. The summed E-state index contributed by atoms with van der Waals surface area (Å²) >= 11 is 5.81. The monoisotopic (exact) mass is 300 g/mol. The van der Waals surface area contributed by atoms with Crippen molar-refractivity contribution in [3.8, 4) is 6.01 Å². The fraction of sp³-hybridized carbons (Fsp3) is 0.769. The maximum atomic E-state index is 5.81. The topological polar surface area (TPSA) is 69.2 Å². The maximum absolute atomic E-state index is 5.81. The Morgan fingerprint density at radius 2 is 2.00 bits per heavy atom. The third-order valence-corrected chi connectivity index (χ3v) is 3.32. The average Bonchev–Trinajstić information content (AvgIpc) is 2.45. The Morgan fingerprint density at radius 3 is 2.75 bits per heavy atom. The molecule has 1 fully saturated rings. The zero-order chi connectivity index (χ0) is 14.2. The summed E-state index contributed by atoms with van der Waals surface area (Å²) in [6, 6.07) is 0.239. The molecule has 0 unspecified atom stereocenters. The van der Waals surface area contributed by atoms with Crippen LogP contribution in [0.5, 0.6) is 6.01 Å². The highest BCUT2D eigenvalue weighted by molar-refractivity contribution is 6.28. The molecule has 1 N–H and O–H groups in total. The lowest BCUT2D eigenvalue weighted by molar-refractivity contribution is 0.0347. The summed E-state index contributed by atoms with van der Waals surface area (Å²) in [5, 5.41) is 3.20. The molecular formula is C13H21ClN4O2. The van der Waals surface area contributed by atoms with Crippen molar-refractivity contribution in [1.82, 2.24) is 15.0 Å². The summed E-state index contributed by atoms with van der Waals surface area (Å²) in [6.07, 6.45) is 6.64. The second kappa shape index (κ2) is 8.21. The maximum Gasteiger partial charge on any atom is 0.322 e.